The summed E-state index contributed by atoms with van der Waals surface area (Å²) in [7, 11) is 0. The van der Waals surface area contributed by atoms with Crippen LogP contribution in [0.15, 0.2) is 71.2 Å². The van der Waals surface area contributed by atoms with Gasteiger partial charge in [0.15, 0.2) is 5.16 Å². The first-order valence-corrected chi connectivity index (χ1v) is 11.2. The van der Waals surface area contributed by atoms with E-state index in [4.69, 9.17) is 0 Å². The second kappa shape index (κ2) is 8.80. The van der Waals surface area contributed by atoms with Crippen LogP contribution >= 0.6 is 23.1 Å². The standard InChI is InChI=1S/C22H20FN3OS2/c1-2-26-18-7-4-3-6-17(18)24-22(26)29-14-20(27)25-21(19-8-5-13-28-19)15-9-11-16(23)12-10-15/h3-13,21H,2,14H2,1H3,(H,25,27). The topological polar surface area (TPSA) is 46.9 Å². The second-order valence-electron chi connectivity index (χ2n) is 6.48. The summed E-state index contributed by atoms with van der Waals surface area (Å²) in [5, 5.41) is 5.89. The van der Waals surface area contributed by atoms with Gasteiger partial charge in [-0.3, -0.25) is 4.79 Å². The summed E-state index contributed by atoms with van der Waals surface area (Å²) in [6.45, 7) is 2.86. The molecule has 0 aliphatic heterocycles. The third-order valence-corrected chi connectivity index (χ3v) is 6.52. The van der Waals surface area contributed by atoms with Gasteiger partial charge < -0.3 is 9.88 Å². The number of carbonyl (C=O) groups excluding carboxylic acids is 1. The van der Waals surface area contributed by atoms with E-state index in [1.54, 1.807) is 23.5 Å². The van der Waals surface area contributed by atoms with Crippen LogP contribution in [0.1, 0.15) is 23.4 Å². The molecule has 4 nitrogen and oxygen atoms in total. The molecule has 4 rings (SSSR count). The van der Waals surface area contributed by atoms with Gasteiger partial charge >= 0.3 is 0 Å². The lowest BCUT2D eigenvalue weighted by Crippen LogP contribution is -2.30. The van der Waals surface area contributed by atoms with Crippen LogP contribution in [0.2, 0.25) is 0 Å². The maximum absolute atomic E-state index is 13.3. The van der Waals surface area contributed by atoms with Crippen molar-refractivity contribution in [3.05, 3.63) is 82.3 Å². The number of nitrogens with zero attached hydrogens (tertiary/aromatic N) is 2. The number of para-hydroxylation sites is 2. The Labute approximate surface area is 176 Å². The highest BCUT2D eigenvalue weighted by atomic mass is 32.2. The molecule has 29 heavy (non-hydrogen) atoms. The van der Waals surface area contributed by atoms with Crippen molar-refractivity contribution >= 4 is 40.0 Å². The fourth-order valence-electron chi connectivity index (χ4n) is 3.23. The number of hydrogen-bond donors (Lipinski definition) is 1. The summed E-state index contributed by atoms with van der Waals surface area (Å²) in [6.07, 6.45) is 0. The number of halogens is 1. The van der Waals surface area contributed by atoms with E-state index in [1.807, 2.05) is 41.8 Å². The Bertz CT molecular complexity index is 1110. The second-order valence-corrected chi connectivity index (χ2v) is 8.41. The molecule has 0 aliphatic rings. The van der Waals surface area contributed by atoms with E-state index in [1.165, 1.54) is 23.9 Å². The Morgan fingerprint density at radius 3 is 2.69 bits per heavy atom. The smallest absolute Gasteiger partial charge is 0.231 e. The zero-order valence-electron chi connectivity index (χ0n) is 15.8. The fraction of sp³-hybridized carbons (Fsp3) is 0.182. The van der Waals surface area contributed by atoms with Crippen molar-refractivity contribution in [1.29, 1.82) is 0 Å². The maximum atomic E-state index is 13.3. The van der Waals surface area contributed by atoms with E-state index < -0.39 is 0 Å². The number of benzene rings is 2. The predicted octanol–water partition coefficient (Wildman–Crippen LogP) is 5.25. The number of hydrogen-bond acceptors (Lipinski definition) is 4. The molecule has 1 unspecified atom stereocenters. The normalized spacial score (nSPS) is 12.2. The van der Waals surface area contributed by atoms with Gasteiger partial charge in [0.2, 0.25) is 5.91 Å². The molecule has 0 saturated heterocycles. The van der Waals surface area contributed by atoms with E-state index >= 15 is 0 Å². The van der Waals surface area contributed by atoms with Gasteiger partial charge in [-0.05, 0) is 48.2 Å². The summed E-state index contributed by atoms with van der Waals surface area (Å²) in [4.78, 5) is 18.4. The Kier molecular flexibility index (Phi) is 5.97. The van der Waals surface area contributed by atoms with Crippen molar-refractivity contribution in [2.45, 2.75) is 24.7 Å². The van der Waals surface area contributed by atoms with E-state index in [2.05, 4.69) is 21.8 Å². The predicted molar refractivity (Wildman–Crippen MR) is 117 cm³/mol. The number of fused-ring (bicyclic) bond motifs is 1. The van der Waals surface area contributed by atoms with Gasteiger partial charge in [0.05, 0.1) is 22.8 Å². The van der Waals surface area contributed by atoms with Crippen molar-refractivity contribution in [2.24, 2.45) is 0 Å². The summed E-state index contributed by atoms with van der Waals surface area (Å²) in [5.41, 5.74) is 2.86. The van der Waals surface area contributed by atoms with E-state index in [-0.39, 0.29) is 23.5 Å². The molecule has 1 atom stereocenters. The molecule has 0 bridgehead atoms. The Balaban J connectivity index is 1.50. The molecule has 0 fully saturated rings. The molecule has 0 saturated carbocycles. The maximum Gasteiger partial charge on any atom is 0.231 e. The molecule has 0 radical (unpaired) electrons. The van der Waals surface area contributed by atoms with Crippen LogP contribution < -0.4 is 5.32 Å². The van der Waals surface area contributed by atoms with E-state index in [9.17, 15) is 9.18 Å². The third kappa shape index (κ3) is 4.36. The van der Waals surface area contributed by atoms with Gasteiger partial charge in [-0.15, -0.1) is 11.3 Å². The van der Waals surface area contributed by atoms with Crippen LogP contribution in [0.25, 0.3) is 11.0 Å². The van der Waals surface area contributed by atoms with Gasteiger partial charge in [-0.1, -0.05) is 42.1 Å². The van der Waals surface area contributed by atoms with Crippen molar-refractivity contribution in [1.82, 2.24) is 14.9 Å². The van der Waals surface area contributed by atoms with Crippen molar-refractivity contribution in [3.8, 4) is 0 Å². The minimum Gasteiger partial charge on any atom is -0.344 e. The summed E-state index contributed by atoms with van der Waals surface area (Å²) < 4.78 is 15.4. The highest BCUT2D eigenvalue weighted by molar-refractivity contribution is 7.99. The number of thiophene rings is 1. The Hall–Kier alpha value is -2.64. The third-order valence-electron chi connectivity index (χ3n) is 4.60. The molecule has 148 valence electrons. The number of thioether (sulfide) groups is 1. The number of aryl methyl sites for hydroxylation is 1. The number of carbonyl (C=O) groups is 1. The Morgan fingerprint density at radius 1 is 1.17 bits per heavy atom. The van der Waals surface area contributed by atoms with Gasteiger partial charge in [0, 0.05) is 11.4 Å². The molecule has 2 aromatic heterocycles. The largest absolute Gasteiger partial charge is 0.344 e. The molecule has 2 aromatic carbocycles. The first-order valence-electron chi connectivity index (χ1n) is 9.32. The minimum absolute atomic E-state index is 0.0903. The monoisotopic (exact) mass is 425 g/mol. The molecule has 0 spiro atoms. The molecular formula is C22H20FN3OS2. The molecule has 7 heteroatoms. The molecular weight excluding hydrogens is 405 g/mol. The van der Waals surface area contributed by atoms with Crippen molar-refractivity contribution in [2.75, 3.05) is 5.75 Å². The van der Waals surface area contributed by atoms with Gasteiger partial charge in [-0.25, -0.2) is 9.37 Å². The molecule has 4 aromatic rings. The number of rotatable bonds is 7. The molecule has 2 heterocycles. The average molecular weight is 426 g/mol. The van der Waals surface area contributed by atoms with Crippen molar-refractivity contribution < 1.29 is 9.18 Å². The average Bonchev–Trinajstić information content (AvgIpc) is 3.38. The van der Waals surface area contributed by atoms with Gasteiger partial charge in [-0.2, -0.15) is 0 Å². The quantitative estimate of drug-likeness (QED) is 0.411. The van der Waals surface area contributed by atoms with Crippen molar-refractivity contribution in [3.63, 3.8) is 0 Å². The summed E-state index contributed by atoms with van der Waals surface area (Å²) in [5.74, 6) is -0.127. The van der Waals surface area contributed by atoms with Crippen LogP contribution in [0, 0.1) is 5.82 Å². The van der Waals surface area contributed by atoms with E-state index in [0.29, 0.717) is 0 Å². The van der Waals surface area contributed by atoms with E-state index in [0.717, 1.165) is 33.2 Å². The van der Waals surface area contributed by atoms with Gasteiger partial charge in [0.25, 0.3) is 0 Å². The minimum atomic E-state index is -0.298. The molecule has 1 N–H and O–H groups in total. The highest BCUT2D eigenvalue weighted by Gasteiger charge is 2.19. The van der Waals surface area contributed by atoms with Crippen LogP contribution in [-0.2, 0) is 11.3 Å². The highest BCUT2D eigenvalue weighted by Crippen LogP contribution is 2.27. The lowest BCUT2D eigenvalue weighted by Gasteiger charge is -2.18. The first-order chi connectivity index (χ1) is 14.2. The lowest BCUT2D eigenvalue weighted by molar-refractivity contribution is -0.119. The lowest BCUT2D eigenvalue weighted by atomic mass is 10.1. The molecule has 0 aliphatic carbocycles. The SMILES string of the molecule is CCn1c(SCC(=O)NC(c2ccc(F)cc2)c2cccs2)nc2ccccc21. The Morgan fingerprint density at radius 2 is 1.97 bits per heavy atom. The number of imidazole rings is 1. The first kappa shape index (κ1) is 19.7. The fourth-order valence-corrected chi connectivity index (χ4v) is 4.92. The number of amides is 1. The zero-order chi connectivity index (χ0) is 20.2. The summed E-state index contributed by atoms with van der Waals surface area (Å²) >= 11 is 2.99. The number of aromatic nitrogens is 2. The van der Waals surface area contributed by atoms with Gasteiger partial charge in [0.1, 0.15) is 5.82 Å². The van der Waals surface area contributed by atoms with Crippen LogP contribution in [0.3, 0.4) is 0 Å². The zero-order valence-corrected chi connectivity index (χ0v) is 17.5. The summed E-state index contributed by atoms with van der Waals surface area (Å²) in [6, 6.07) is 17.9. The molecule has 1 amide bonds. The number of nitrogens with one attached hydrogen (secondary N) is 1. The van der Waals surface area contributed by atoms with Crippen LogP contribution in [0.5, 0.6) is 0 Å². The van der Waals surface area contributed by atoms with Crippen LogP contribution in [-0.4, -0.2) is 21.2 Å². The van der Waals surface area contributed by atoms with Crippen LogP contribution in [0.4, 0.5) is 4.39 Å².